The average molecular weight is 463 g/mol. The lowest BCUT2D eigenvalue weighted by Gasteiger charge is -2.06. The Morgan fingerprint density at radius 2 is 1.68 bits per heavy atom. The normalized spacial score (nSPS) is 10.4. The van der Waals surface area contributed by atoms with Crippen molar-refractivity contribution in [3.05, 3.63) is 68.9 Å². The summed E-state index contributed by atoms with van der Waals surface area (Å²) in [6.07, 6.45) is 0. The summed E-state index contributed by atoms with van der Waals surface area (Å²) in [5.74, 6) is -0.693. The topological polar surface area (TPSA) is 83.1 Å². The molecule has 28 heavy (non-hydrogen) atoms. The van der Waals surface area contributed by atoms with Gasteiger partial charge in [-0.2, -0.15) is 0 Å². The second kappa shape index (κ2) is 8.49. The molecule has 0 aliphatic heterocycles. The number of anilines is 3. The fraction of sp³-hybridized carbons (Fsp3) is 0.105. The van der Waals surface area contributed by atoms with Crippen molar-refractivity contribution < 1.29 is 14.0 Å². The molecule has 0 saturated carbocycles. The Kier molecular flexibility index (Phi) is 6.05. The van der Waals surface area contributed by atoms with Crippen molar-refractivity contribution in [2.45, 2.75) is 13.8 Å². The van der Waals surface area contributed by atoms with Gasteiger partial charge in [-0.25, -0.2) is 14.2 Å². The van der Waals surface area contributed by atoms with Gasteiger partial charge in [0.2, 0.25) is 0 Å². The first-order chi connectivity index (χ1) is 13.3. The van der Waals surface area contributed by atoms with E-state index >= 15 is 0 Å². The maximum atomic E-state index is 12.9. The van der Waals surface area contributed by atoms with Gasteiger partial charge in [-0.05, 0) is 61.9 Å². The van der Waals surface area contributed by atoms with Crippen LogP contribution in [0.3, 0.4) is 0 Å². The van der Waals surface area contributed by atoms with Crippen LogP contribution in [0.25, 0.3) is 0 Å². The maximum absolute atomic E-state index is 12.9. The smallest absolute Gasteiger partial charge is 0.321 e. The van der Waals surface area contributed by atoms with Crippen LogP contribution in [0.1, 0.15) is 20.9 Å². The number of carbonyl (C=O) groups excluding carboxylic acids is 2. The van der Waals surface area contributed by atoms with Crippen LogP contribution in [0.2, 0.25) is 0 Å². The lowest BCUT2D eigenvalue weighted by atomic mass is 10.2. The van der Waals surface area contributed by atoms with Crippen LogP contribution in [0, 0.1) is 19.7 Å². The van der Waals surface area contributed by atoms with E-state index in [1.165, 1.54) is 24.3 Å². The van der Waals surface area contributed by atoms with Crippen molar-refractivity contribution in [3.8, 4) is 0 Å². The van der Waals surface area contributed by atoms with Crippen LogP contribution >= 0.6 is 27.3 Å². The maximum Gasteiger partial charge on any atom is 0.325 e. The largest absolute Gasteiger partial charge is 0.325 e. The molecule has 0 spiro atoms. The number of carbonyl (C=O) groups is 2. The van der Waals surface area contributed by atoms with Crippen molar-refractivity contribution in [2.75, 3.05) is 16.0 Å². The summed E-state index contributed by atoms with van der Waals surface area (Å²) in [6.45, 7) is 3.63. The lowest BCUT2D eigenvalue weighted by molar-refractivity contribution is 0.103. The number of nitrogens with zero attached hydrogens (tertiary/aromatic N) is 1. The summed E-state index contributed by atoms with van der Waals surface area (Å²) in [4.78, 5) is 29.2. The van der Waals surface area contributed by atoms with Crippen LogP contribution in [-0.2, 0) is 0 Å². The molecular formula is C19H16BrFN4O2S. The third-order valence-electron chi connectivity index (χ3n) is 3.74. The number of thiazole rings is 1. The number of benzene rings is 2. The number of hydrogen-bond donors (Lipinski definition) is 3. The van der Waals surface area contributed by atoms with Crippen LogP contribution in [0.4, 0.5) is 25.7 Å². The number of amides is 3. The van der Waals surface area contributed by atoms with Crippen molar-refractivity contribution in [1.29, 1.82) is 0 Å². The first-order valence-electron chi connectivity index (χ1n) is 8.20. The molecule has 3 aromatic rings. The monoisotopic (exact) mass is 462 g/mol. The van der Waals surface area contributed by atoms with E-state index in [2.05, 4.69) is 36.9 Å². The van der Waals surface area contributed by atoms with E-state index in [1.54, 1.807) is 13.0 Å². The summed E-state index contributed by atoms with van der Waals surface area (Å²) in [5.41, 5.74) is 2.62. The van der Waals surface area contributed by atoms with Crippen molar-refractivity contribution in [2.24, 2.45) is 0 Å². The highest BCUT2D eigenvalue weighted by Crippen LogP contribution is 2.25. The molecule has 0 aliphatic rings. The number of hydrogen-bond acceptors (Lipinski definition) is 4. The zero-order chi connectivity index (χ0) is 20.3. The number of rotatable bonds is 4. The third-order valence-corrected chi connectivity index (χ3v) is 5.70. The van der Waals surface area contributed by atoms with Gasteiger partial charge in [0, 0.05) is 15.8 Å². The minimum absolute atomic E-state index is 0.286. The SMILES string of the molecule is Cc1cc(NC(=O)c2sc(NC(=O)Nc3ccc(F)cc3)nc2C)ccc1Br. The number of urea groups is 1. The lowest BCUT2D eigenvalue weighted by Crippen LogP contribution is -2.19. The molecule has 0 radical (unpaired) electrons. The highest BCUT2D eigenvalue weighted by atomic mass is 79.9. The summed E-state index contributed by atoms with van der Waals surface area (Å²) in [6, 6.07) is 10.4. The van der Waals surface area contributed by atoms with E-state index in [4.69, 9.17) is 0 Å². The fourth-order valence-electron chi connectivity index (χ4n) is 2.36. The van der Waals surface area contributed by atoms with Gasteiger partial charge in [0.15, 0.2) is 5.13 Å². The van der Waals surface area contributed by atoms with Gasteiger partial charge in [0.25, 0.3) is 5.91 Å². The van der Waals surface area contributed by atoms with Gasteiger partial charge >= 0.3 is 6.03 Å². The third kappa shape index (κ3) is 4.93. The number of aromatic nitrogens is 1. The molecule has 0 bridgehead atoms. The predicted molar refractivity (Wildman–Crippen MR) is 113 cm³/mol. The van der Waals surface area contributed by atoms with Gasteiger partial charge in [-0.15, -0.1) is 0 Å². The first kappa shape index (κ1) is 20.0. The summed E-state index contributed by atoms with van der Waals surface area (Å²) < 4.78 is 13.9. The molecule has 2 aromatic carbocycles. The quantitative estimate of drug-likeness (QED) is 0.474. The van der Waals surface area contributed by atoms with Crippen LogP contribution in [-0.4, -0.2) is 16.9 Å². The average Bonchev–Trinajstić information content (AvgIpc) is 3.00. The van der Waals surface area contributed by atoms with E-state index < -0.39 is 11.8 Å². The molecule has 3 N–H and O–H groups in total. The fourth-order valence-corrected chi connectivity index (χ4v) is 3.47. The molecule has 144 valence electrons. The molecule has 0 aliphatic carbocycles. The second-order valence-electron chi connectivity index (χ2n) is 5.94. The minimum atomic E-state index is -0.532. The van der Waals surface area contributed by atoms with E-state index in [1.807, 2.05) is 19.1 Å². The molecule has 9 heteroatoms. The number of halogens is 2. The van der Waals surface area contributed by atoms with Crippen LogP contribution in [0.5, 0.6) is 0 Å². The first-order valence-corrected chi connectivity index (χ1v) is 9.81. The zero-order valence-electron chi connectivity index (χ0n) is 15.0. The Morgan fingerprint density at radius 3 is 2.36 bits per heavy atom. The van der Waals surface area contributed by atoms with Crippen molar-refractivity contribution >= 4 is 55.7 Å². The Hall–Kier alpha value is -2.78. The predicted octanol–water partition coefficient (Wildman–Crippen LogP) is 5.56. The van der Waals surface area contributed by atoms with Gasteiger partial charge in [0.05, 0.1) is 5.69 Å². The molecule has 0 fully saturated rings. The van der Waals surface area contributed by atoms with Crippen LogP contribution < -0.4 is 16.0 Å². The highest BCUT2D eigenvalue weighted by Gasteiger charge is 2.17. The molecule has 0 unspecified atom stereocenters. The highest BCUT2D eigenvalue weighted by molar-refractivity contribution is 9.10. The Morgan fingerprint density at radius 1 is 1.00 bits per heavy atom. The molecule has 0 saturated heterocycles. The Bertz CT molecular complexity index is 1040. The number of nitrogens with one attached hydrogen (secondary N) is 3. The Labute approximate surface area is 173 Å². The van der Waals surface area contributed by atoms with Crippen LogP contribution in [0.15, 0.2) is 46.9 Å². The molecule has 3 rings (SSSR count). The van der Waals surface area contributed by atoms with Crippen molar-refractivity contribution in [3.63, 3.8) is 0 Å². The van der Waals surface area contributed by atoms with Gasteiger partial charge < -0.3 is 10.6 Å². The van der Waals surface area contributed by atoms with Crippen molar-refractivity contribution in [1.82, 2.24) is 4.98 Å². The minimum Gasteiger partial charge on any atom is -0.321 e. The molecule has 3 amide bonds. The van der Waals surface area contributed by atoms with E-state index in [0.29, 0.717) is 21.9 Å². The van der Waals surface area contributed by atoms with E-state index in [0.717, 1.165) is 21.4 Å². The number of aryl methyl sites for hydroxylation is 2. The van der Waals surface area contributed by atoms with Gasteiger partial charge in [0.1, 0.15) is 10.7 Å². The zero-order valence-corrected chi connectivity index (χ0v) is 17.4. The standard InChI is InChI=1S/C19H16BrFN4O2S/c1-10-9-14(7-8-15(10)20)23-17(26)16-11(2)22-19(28-16)25-18(27)24-13-5-3-12(21)4-6-13/h3-9H,1-2H3,(H,23,26)(H2,22,24,25,27). The summed E-state index contributed by atoms with van der Waals surface area (Å²) in [5, 5.41) is 8.26. The Balaban J connectivity index is 1.66. The van der Waals surface area contributed by atoms with E-state index in [-0.39, 0.29) is 11.0 Å². The summed E-state index contributed by atoms with van der Waals surface area (Å²) in [7, 11) is 0. The molecular weight excluding hydrogens is 447 g/mol. The summed E-state index contributed by atoms with van der Waals surface area (Å²) >= 11 is 4.49. The van der Waals surface area contributed by atoms with Gasteiger partial charge in [-0.3, -0.25) is 10.1 Å². The molecule has 0 atom stereocenters. The molecule has 6 nitrogen and oxygen atoms in total. The second-order valence-corrected chi connectivity index (χ2v) is 7.79. The van der Waals surface area contributed by atoms with E-state index in [9.17, 15) is 14.0 Å². The van der Waals surface area contributed by atoms with Gasteiger partial charge in [-0.1, -0.05) is 27.3 Å². The molecule has 1 aromatic heterocycles. The molecule has 1 heterocycles.